The Morgan fingerprint density at radius 3 is 2.70 bits per heavy atom. The zero-order chi connectivity index (χ0) is 23.4. The highest BCUT2D eigenvalue weighted by Crippen LogP contribution is 2.31. The van der Waals surface area contributed by atoms with Gasteiger partial charge in [-0.1, -0.05) is 0 Å². The Hall–Kier alpha value is -3.72. The third-order valence-electron chi connectivity index (χ3n) is 5.15. The molecule has 170 valence electrons. The molecule has 0 unspecified atom stereocenters. The van der Waals surface area contributed by atoms with Crippen LogP contribution in [0.2, 0.25) is 0 Å². The maximum absolute atomic E-state index is 13.3. The predicted molar refractivity (Wildman–Crippen MR) is 125 cm³/mol. The molecule has 0 radical (unpaired) electrons. The van der Waals surface area contributed by atoms with Crippen LogP contribution in [0.4, 0.5) is 9.52 Å². The molecule has 2 N–H and O–H groups in total. The fourth-order valence-corrected chi connectivity index (χ4v) is 4.32. The van der Waals surface area contributed by atoms with E-state index in [2.05, 4.69) is 15.6 Å². The second-order valence-corrected chi connectivity index (χ2v) is 8.38. The molecule has 0 aliphatic heterocycles. The number of benzene rings is 1. The van der Waals surface area contributed by atoms with Gasteiger partial charge in [-0.15, -0.1) is 11.3 Å². The van der Waals surface area contributed by atoms with Gasteiger partial charge in [0.2, 0.25) is 5.91 Å². The van der Waals surface area contributed by atoms with Gasteiger partial charge in [-0.05, 0) is 62.7 Å². The van der Waals surface area contributed by atoms with Crippen LogP contribution in [0, 0.1) is 19.7 Å². The predicted octanol–water partition coefficient (Wildman–Crippen LogP) is 5.10. The van der Waals surface area contributed by atoms with E-state index >= 15 is 0 Å². The maximum atomic E-state index is 13.3. The van der Waals surface area contributed by atoms with E-state index in [1.54, 1.807) is 24.3 Å². The van der Waals surface area contributed by atoms with Crippen molar-refractivity contribution in [1.82, 2.24) is 14.9 Å². The van der Waals surface area contributed by atoms with Crippen molar-refractivity contribution in [2.75, 3.05) is 11.9 Å². The molecule has 9 heteroatoms. The molecule has 0 aliphatic rings. The number of aromatic nitrogens is 2. The summed E-state index contributed by atoms with van der Waals surface area (Å²) in [5.41, 5.74) is 4.58. The second-order valence-electron chi connectivity index (χ2n) is 7.52. The van der Waals surface area contributed by atoms with Gasteiger partial charge in [0.15, 0.2) is 10.9 Å². The van der Waals surface area contributed by atoms with E-state index in [1.807, 2.05) is 29.9 Å². The quantitative estimate of drug-likeness (QED) is 0.354. The van der Waals surface area contributed by atoms with Gasteiger partial charge in [-0.2, -0.15) is 0 Å². The number of rotatable bonds is 8. The summed E-state index contributed by atoms with van der Waals surface area (Å²) in [6.45, 7) is 4.34. The number of aryl methyl sites for hydroxylation is 1. The highest BCUT2D eigenvalue weighted by Gasteiger charge is 2.16. The summed E-state index contributed by atoms with van der Waals surface area (Å²) in [5.74, 6) is -0.502. The van der Waals surface area contributed by atoms with Gasteiger partial charge >= 0.3 is 0 Å². The Balaban J connectivity index is 1.34. The Morgan fingerprint density at radius 1 is 1.18 bits per heavy atom. The number of amides is 2. The number of nitrogens with one attached hydrogen (secondary N) is 2. The van der Waals surface area contributed by atoms with E-state index in [1.165, 1.54) is 29.7 Å². The van der Waals surface area contributed by atoms with Crippen LogP contribution in [0.25, 0.3) is 16.9 Å². The van der Waals surface area contributed by atoms with E-state index in [-0.39, 0.29) is 29.8 Å². The van der Waals surface area contributed by atoms with Gasteiger partial charge in [0.25, 0.3) is 5.91 Å². The molecule has 2 amide bonds. The molecular formula is C24H23FN4O3S. The molecule has 3 aromatic heterocycles. The highest BCUT2D eigenvalue weighted by molar-refractivity contribution is 7.14. The number of carbonyl (C=O) groups is 2. The first-order valence-corrected chi connectivity index (χ1v) is 11.3. The molecule has 0 aliphatic carbocycles. The van der Waals surface area contributed by atoms with Gasteiger partial charge in [0.05, 0.1) is 12.0 Å². The van der Waals surface area contributed by atoms with Crippen molar-refractivity contribution in [2.24, 2.45) is 0 Å². The summed E-state index contributed by atoms with van der Waals surface area (Å²) in [6, 6.07) is 11.6. The minimum Gasteiger partial charge on any atom is -0.459 e. The zero-order valence-corrected chi connectivity index (χ0v) is 19.0. The second kappa shape index (κ2) is 9.83. The SMILES string of the molecule is Cc1cc(-c2csc(NC(=O)CCCNC(=O)c3ccco3)n2)c(C)n1-c1ccc(F)cc1. The molecule has 0 fully saturated rings. The van der Waals surface area contributed by atoms with Gasteiger partial charge in [0, 0.05) is 41.0 Å². The van der Waals surface area contributed by atoms with Crippen molar-refractivity contribution in [1.29, 1.82) is 0 Å². The summed E-state index contributed by atoms with van der Waals surface area (Å²) in [5, 5.41) is 7.94. The Bertz CT molecular complexity index is 1260. The van der Waals surface area contributed by atoms with Crippen LogP contribution in [0.1, 0.15) is 34.8 Å². The van der Waals surface area contributed by atoms with Crippen LogP contribution in [0.5, 0.6) is 0 Å². The van der Waals surface area contributed by atoms with Crippen LogP contribution < -0.4 is 10.6 Å². The third kappa shape index (κ3) is 5.20. The molecule has 3 heterocycles. The van der Waals surface area contributed by atoms with Gasteiger partial charge in [-0.25, -0.2) is 9.37 Å². The number of carbonyl (C=O) groups excluding carboxylic acids is 2. The van der Waals surface area contributed by atoms with E-state index in [4.69, 9.17) is 4.42 Å². The molecule has 0 spiro atoms. The van der Waals surface area contributed by atoms with Crippen LogP contribution in [-0.4, -0.2) is 27.9 Å². The smallest absolute Gasteiger partial charge is 0.286 e. The fraction of sp³-hybridized carbons (Fsp3) is 0.208. The number of furan rings is 1. The molecule has 0 atom stereocenters. The highest BCUT2D eigenvalue weighted by atomic mass is 32.1. The molecular weight excluding hydrogens is 443 g/mol. The number of hydrogen-bond donors (Lipinski definition) is 2. The minimum absolute atomic E-state index is 0.167. The lowest BCUT2D eigenvalue weighted by molar-refractivity contribution is -0.116. The minimum atomic E-state index is -0.303. The van der Waals surface area contributed by atoms with Crippen molar-refractivity contribution in [3.8, 4) is 16.9 Å². The monoisotopic (exact) mass is 466 g/mol. The molecule has 0 bridgehead atoms. The fourth-order valence-electron chi connectivity index (χ4n) is 3.59. The molecule has 33 heavy (non-hydrogen) atoms. The number of halogens is 1. The third-order valence-corrected chi connectivity index (χ3v) is 5.91. The van der Waals surface area contributed by atoms with Crippen molar-refractivity contribution in [3.05, 3.63) is 77.1 Å². The lowest BCUT2D eigenvalue weighted by Crippen LogP contribution is -2.25. The first-order valence-electron chi connectivity index (χ1n) is 10.4. The maximum Gasteiger partial charge on any atom is 0.286 e. The average Bonchev–Trinajstić information content (AvgIpc) is 3.53. The van der Waals surface area contributed by atoms with Crippen LogP contribution in [0.3, 0.4) is 0 Å². The number of thiazole rings is 1. The molecule has 4 aromatic rings. The Kier molecular flexibility index (Phi) is 6.69. The summed E-state index contributed by atoms with van der Waals surface area (Å²) in [4.78, 5) is 28.6. The van der Waals surface area contributed by atoms with Crippen LogP contribution in [0.15, 0.2) is 58.5 Å². The molecule has 0 saturated heterocycles. The Morgan fingerprint density at radius 2 is 1.97 bits per heavy atom. The number of nitrogens with zero attached hydrogens (tertiary/aromatic N) is 2. The summed E-state index contributed by atoms with van der Waals surface area (Å²) in [6.07, 6.45) is 2.19. The number of anilines is 1. The van der Waals surface area contributed by atoms with Crippen LogP contribution in [-0.2, 0) is 4.79 Å². The first-order chi connectivity index (χ1) is 15.9. The van der Waals surface area contributed by atoms with E-state index in [0.717, 1.165) is 28.3 Å². The average molecular weight is 467 g/mol. The molecule has 4 rings (SSSR count). The summed E-state index contributed by atoms with van der Waals surface area (Å²) < 4.78 is 20.4. The van der Waals surface area contributed by atoms with Crippen molar-refractivity contribution in [2.45, 2.75) is 26.7 Å². The molecule has 1 aromatic carbocycles. The van der Waals surface area contributed by atoms with Crippen molar-refractivity contribution < 1.29 is 18.4 Å². The summed E-state index contributed by atoms with van der Waals surface area (Å²) in [7, 11) is 0. The Labute approximate surface area is 194 Å². The van der Waals surface area contributed by atoms with Crippen LogP contribution >= 0.6 is 11.3 Å². The standard InChI is InChI=1S/C24H23FN4O3S/c1-15-13-19(16(2)29(15)18-9-7-17(25)8-10-18)20-14-33-24(27-20)28-22(30)6-3-11-26-23(31)21-5-4-12-32-21/h4-5,7-10,12-14H,3,6,11H2,1-2H3,(H,26,31)(H,27,28,30). The summed E-state index contributed by atoms with van der Waals surface area (Å²) >= 11 is 1.35. The number of hydrogen-bond acceptors (Lipinski definition) is 5. The zero-order valence-electron chi connectivity index (χ0n) is 18.2. The normalized spacial score (nSPS) is 10.9. The van der Waals surface area contributed by atoms with Gasteiger partial charge in [-0.3, -0.25) is 9.59 Å². The van der Waals surface area contributed by atoms with E-state index in [9.17, 15) is 14.0 Å². The van der Waals surface area contributed by atoms with E-state index in [0.29, 0.717) is 18.1 Å². The lowest BCUT2D eigenvalue weighted by Gasteiger charge is -2.09. The van der Waals surface area contributed by atoms with Gasteiger partial charge in [0.1, 0.15) is 5.82 Å². The van der Waals surface area contributed by atoms with Gasteiger partial charge < -0.3 is 19.6 Å². The molecule has 7 nitrogen and oxygen atoms in total. The van der Waals surface area contributed by atoms with Crippen molar-refractivity contribution >= 4 is 28.3 Å². The lowest BCUT2D eigenvalue weighted by atomic mass is 10.2. The molecule has 0 saturated carbocycles. The largest absolute Gasteiger partial charge is 0.459 e. The van der Waals surface area contributed by atoms with Crippen molar-refractivity contribution in [3.63, 3.8) is 0 Å². The topological polar surface area (TPSA) is 89.2 Å². The van der Waals surface area contributed by atoms with E-state index < -0.39 is 0 Å². The first kappa shape index (κ1) is 22.5.